The van der Waals surface area contributed by atoms with Gasteiger partial charge in [0.25, 0.3) is 5.91 Å². The van der Waals surface area contributed by atoms with Crippen LogP contribution in [0.1, 0.15) is 44.9 Å². The quantitative estimate of drug-likeness (QED) is 0.110. The van der Waals surface area contributed by atoms with Gasteiger partial charge in [-0.15, -0.1) is 0 Å². The first-order valence-electron chi connectivity index (χ1n) is 14.7. The summed E-state index contributed by atoms with van der Waals surface area (Å²) in [5.74, 6) is 0.387. The molecule has 3 fully saturated rings. The summed E-state index contributed by atoms with van der Waals surface area (Å²) in [5, 5.41) is 7.83. The number of piperidine rings is 1. The van der Waals surface area contributed by atoms with Crippen LogP contribution >= 0.6 is 11.6 Å². The summed E-state index contributed by atoms with van der Waals surface area (Å²) in [7, 11) is 3.23. The molecule has 0 radical (unpaired) electrons. The highest BCUT2D eigenvalue weighted by Crippen LogP contribution is 2.31. The Hall–Kier alpha value is -2.37. The first-order chi connectivity index (χ1) is 19.9. The van der Waals surface area contributed by atoms with Crippen molar-refractivity contribution in [3.63, 3.8) is 0 Å². The van der Waals surface area contributed by atoms with Crippen molar-refractivity contribution in [1.82, 2.24) is 15.5 Å². The van der Waals surface area contributed by atoms with Crippen LogP contribution in [-0.4, -0.2) is 94.6 Å². The lowest BCUT2D eigenvalue weighted by atomic mass is 9.89. The van der Waals surface area contributed by atoms with Gasteiger partial charge >= 0.3 is 0 Å². The van der Waals surface area contributed by atoms with Crippen LogP contribution in [0.2, 0.25) is 0 Å². The Morgan fingerprint density at radius 3 is 2.76 bits per heavy atom. The van der Waals surface area contributed by atoms with Gasteiger partial charge in [0.15, 0.2) is 11.5 Å². The van der Waals surface area contributed by atoms with Crippen molar-refractivity contribution in [2.75, 3.05) is 47.1 Å². The van der Waals surface area contributed by atoms with Crippen LogP contribution in [0.5, 0.6) is 0 Å². The van der Waals surface area contributed by atoms with Gasteiger partial charge in [-0.3, -0.25) is 4.79 Å². The van der Waals surface area contributed by atoms with Gasteiger partial charge in [0.05, 0.1) is 44.1 Å². The van der Waals surface area contributed by atoms with Gasteiger partial charge in [-0.2, -0.15) is 0 Å². The second-order valence-corrected chi connectivity index (χ2v) is 11.5. The first kappa shape index (κ1) is 31.6. The fraction of sp³-hybridized carbons (Fsp3) is 0.667. The predicted molar refractivity (Wildman–Crippen MR) is 160 cm³/mol. The second-order valence-electron chi connectivity index (χ2n) is 11.1. The topological polar surface area (TPSA) is 120 Å². The van der Waals surface area contributed by atoms with E-state index in [1.165, 1.54) is 7.11 Å². The molecule has 0 aromatic carbocycles. The van der Waals surface area contributed by atoms with Crippen LogP contribution in [-0.2, 0) is 23.7 Å². The highest BCUT2D eigenvalue weighted by Gasteiger charge is 2.32. The minimum atomic E-state index is -0.226. The van der Waals surface area contributed by atoms with Crippen molar-refractivity contribution >= 4 is 23.8 Å². The number of amides is 1. The molecule has 3 heterocycles. The lowest BCUT2D eigenvalue weighted by molar-refractivity contribution is -0.128. The number of nitrogens with two attached hydrogens (primary N) is 1. The van der Waals surface area contributed by atoms with E-state index >= 15 is 0 Å². The van der Waals surface area contributed by atoms with Gasteiger partial charge < -0.3 is 40.2 Å². The zero-order valence-electron chi connectivity index (χ0n) is 24.4. The number of nitrogens with zero attached hydrogens (tertiary/aromatic N) is 2. The molecule has 4 N–H and O–H groups in total. The number of halogens is 1. The Morgan fingerprint density at radius 2 is 2.07 bits per heavy atom. The monoisotopic (exact) mass is 591 g/mol. The number of hydrogen-bond acceptors (Lipinski definition) is 8. The molecule has 0 aromatic heterocycles. The number of nitrogens with one attached hydrogen (secondary N) is 2. The molecule has 0 aromatic rings. The van der Waals surface area contributed by atoms with Gasteiger partial charge in [-0.1, -0.05) is 30.3 Å². The van der Waals surface area contributed by atoms with E-state index in [1.54, 1.807) is 12.0 Å². The largest absolute Gasteiger partial charge is 0.492 e. The number of carbonyl (C=O) groups is 1. The fourth-order valence-corrected chi connectivity index (χ4v) is 6.25. The maximum Gasteiger partial charge on any atom is 0.276 e. The van der Waals surface area contributed by atoms with E-state index in [9.17, 15) is 4.79 Å². The van der Waals surface area contributed by atoms with Gasteiger partial charge in [0, 0.05) is 56.4 Å². The van der Waals surface area contributed by atoms with E-state index in [1.807, 2.05) is 12.2 Å². The minimum Gasteiger partial charge on any atom is -0.492 e. The number of carbonyl (C=O) groups excluding carboxylic acids is 1. The van der Waals surface area contributed by atoms with E-state index < -0.39 is 0 Å². The van der Waals surface area contributed by atoms with Crippen LogP contribution in [0, 0.1) is 5.92 Å². The number of likely N-dealkylation sites (tertiary alicyclic amines) is 1. The van der Waals surface area contributed by atoms with Crippen molar-refractivity contribution < 1.29 is 23.7 Å². The van der Waals surface area contributed by atoms with Crippen molar-refractivity contribution in [1.29, 1.82) is 0 Å². The van der Waals surface area contributed by atoms with Crippen LogP contribution in [0.15, 0.2) is 52.0 Å². The molecule has 4 rings (SSSR count). The normalized spacial score (nSPS) is 30.1. The average Bonchev–Trinajstić information content (AvgIpc) is 3.01. The molecular weight excluding hydrogens is 546 g/mol. The predicted octanol–water partition coefficient (Wildman–Crippen LogP) is 2.96. The molecule has 1 aliphatic carbocycles. The van der Waals surface area contributed by atoms with Crippen LogP contribution in [0.25, 0.3) is 0 Å². The number of aliphatic imine (C=N–C) groups is 1. The number of rotatable bonds is 11. The Morgan fingerprint density at radius 1 is 1.27 bits per heavy atom. The molecule has 4 aliphatic rings. The van der Waals surface area contributed by atoms with E-state index in [-0.39, 0.29) is 41.7 Å². The molecule has 0 spiro atoms. The fourth-order valence-electron chi connectivity index (χ4n) is 6.08. The Bertz CT molecular complexity index is 1020. The van der Waals surface area contributed by atoms with Crippen molar-refractivity contribution in [3.05, 3.63) is 47.0 Å². The third kappa shape index (κ3) is 8.58. The number of hydrogen-bond donors (Lipinski definition) is 3. The molecule has 0 saturated carbocycles. The number of ether oxygens (including phenoxy) is 4. The Labute approximate surface area is 249 Å². The highest BCUT2D eigenvalue weighted by molar-refractivity contribution is 6.31. The highest BCUT2D eigenvalue weighted by atomic mass is 35.5. The Kier molecular flexibility index (Phi) is 12.1. The molecule has 1 unspecified atom stereocenters. The van der Waals surface area contributed by atoms with E-state index in [4.69, 9.17) is 36.3 Å². The summed E-state index contributed by atoms with van der Waals surface area (Å²) in [5.41, 5.74) is 6.27. The zero-order valence-corrected chi connectivity index (χ0v) is 25.1. The average molecular weight is 592 g/mol. The zero-order chi connectivity index (χ0) is 29.2. The molecule has 228 valence electrons. The summed E-state index contributed by atoms with van der Waals surface area (Å²) in [6.45, 7) is 7.24. The number of allylic oxidation sites excluding steroid dienone is 3. The molecular formula is C30H46ClN5O5. The minimum absolute atomic E-state index is 0.0236. The van der Waals surface area contributed by atoms with E-state index in [2.05, 4.69) is 28.3 Å². The lowest BCUT2D eigenvalue weighted by Crippen LogP contribution is -2.54. The van der Waals surface area contributed by atoms with Crippen LogP contribution in [0.3, 0.4) is 0 Å². The maximum atomic E-state index is 13.6. The first-order valence-corrected chi connectivity index (χ1v) is 15.1. The SMILES string of the molecule is C=C(NC[C@H]1CCC[C@@H](C2C=CC(Cl)=CC2)O1)/C(OC)=C(\N=CN)C(=O)N1CCC(N[C@@H]2CCOC[C@@H]2OC)CC1. The Balaban J connectivity index is 1.31. The van der Waals surface area contributed by atoms with Gasteiger partial charge in [-0.25, -0.2) is 4.99 Å². The third-order valence-corrected chi connectivity index (χ3v) is 8.71. The van der Waals surface area contributed by atoms with Crippen LogP contribution in [0.4, 0.5) is 0 Å². The van der Waals surface area contributed by atoms with Gasteiger partial charge in [0.1, 0.15) is 0 Å². The van der Waals surface area contributed by atoms with E-state index in [0.29, 0.717) is 43.9 Å². The summed E-state index contributed by atoms with van der Waals surface area (Å²) in [6, 6.07) is 0.561. The molecule has 10 nitrogen and oxygen atoms in total. The van der Waals surface area contributed by atoms with Gasteiger partial charge in [0.2, 0.25) is 0 Å². The van der Waals surface area contributed by atoms with Gasteiger partial charge in [-0.05, 0) is 51.0 Å². The summed E-state index contributed by atoms with van der Waals surface area (Å²) in [6.07, 6.45) is 14.0. The third-order valence-electron chi connectivity index (χ3n) is 8.43. The molecule has 5 atom stereocenters. The molecule has 11 heteroatoms. The molecule has 1 amide bonds. The van der Waals surface area contributed by atoms with Crippen LogP contribution < -0.4 is 16.4 Å². The standard InChI is InChI=1S/C30H46ClN5O5/c1-20(33-17-24-5-4-6-26(41-24)21-7-9-22(31)10-8-21)29(39-3)28(34-19-32)30(37)36-14-11-23(12-15-36)35-25-13-16-40-18-27(25)38-2/h7,9-10,19,21,23-27,33,35H,1,4-6,8,11-18H2,2-3H3,(H2,32,34)/b29-28+/t21?,24-,25-,26+,27+/m1/s1. The summed E-state index contributed by atoms with van der Waals surface area (Å²) >= 11 is 6.09. The van der Waals surface area contributed by atoms with E-state index in [0.717, 1.165) is 62.9 Å². The molecule has 3 aliphatic heterocycles. The lowest BCUT2D eigenvalue weighted by Gasteiger charge is -2.38. The smallest absolute Gasteiger partial charge is 0.276 e. The molecule has 41 heavy (non-hydrogen) atoms. The van der Waals surface area contributed by atoms with Crippen molar-refractivity contribution in [2.24, 2.45) is 16.6 Å². The summed E-state index contributed by atoms with van der Waals surface area (Å²) < 4.78 is 23.2. The van der Waals surface area contributed by atoms with Crippen molar-refractivity contribution in [3.8, 4) is 0 Å². The molecule has 0 bridgehead atoms. The maximum absolute atomic E-state index is 13.6. The number of methoxy groups -OCH3 is 2. The summed E-state index contributed by atoms with van der Waals surface area (Å²) in [4.78, 5) is 19.6. The van der Waals surface area contributed by atoms with Crippen molar-refractivity contribution in [2.45, 2.75) is 75.3 Å². The molecule has 3 saturated heterocycles. The second kappa shape index (κ2) is 15.7.